The minimum absolute atomic E-state index is 0.0160. The maximum atomic E-state index is 12.7. The zero-order chi connectivity index (χ0) is 18.3. The number of nitrogens with zero attached hydrogens (tertiary/aromatic N) is 5. The van der Waals surface area contributed by atoms with Crippen molar-refractivity contribution in [3.05, 3.63) is 68.9 Å². The summed E-state index contributed by atoms with van der Waals surface area (Å²) >= 11 is 0. The van der Waals surface area contributed by atoms with Gasteiger partial charge in [0.1, 0.15) is 5.82 Å². The molecule has 0 radical (unpaired) electrons. The number of aromatic nitrogens is 4. The second kappa shape index (κ2) is 6.49. The van der Waals surface area contributed by atoms with Crippen molar-refractivity contribution >= 4 is 10.9 Å². The lowest BCUT2D eigenvalue weighted by atomic mass is 10.1. The average molecular weight is 351 g/mol. The van der Waals surface area contributed by atoms with Crippen LogP contribution >= 0.6 is 0 Å². The molecule has 7 heteroatoms. The molecule has 0 saturated carbocycles. The van der Waals surface area contributed by atoms with Crippen LogP contribution in [0.3, 0.4) is 0 Å². The molecule has 0 N–H and O–H groups in total. The number of hydrogen-bond donors (Lipinski definition) is 0. The van der Waals surface area contributed by atoms with Crippen LogP contribution in [0.5, 0.6) is 0 Å². The Morgan fingerprint density at radius 2 is 2.00 bits per heavy atom. The lowest BCUT2D eigenvalue weighted by molar-refractivity contribution is 0.231. The molecule has 1 aromatic carbocycles. The molecular weight excluding hydrogens is 330 g/mol. The second-order valence-electron chi connectivity index (χ2n) is 6.81. The van der Waals surface area contributed by atoms with E-state index >= 15 is 0 Å². The number of fused-ring (bicyclic) bond motifs is 1. The molecule has 1 aliphatic rings. The third kappa shape index (κ3) is 2.84. The Bertz CT molecular complexity index is 1090. The van der Waals surface area contributed by atoms with Crippen LogP contribution in [0.2, 0.25) is 0 Å². The van der Waals surface area contributed by atoms with Gasteiger partial charge in [-0.05, 0) is 31.5 Å². The molecular formula is C19H21N5O2. The van der Waals surface area contributed by atoms with E-state index in [1.165, 1.54) is 10.8 Å². The monoisotopic (exact) mass is 351 g/mol. The molecule has 3 heterocycles. The summed E-state index contributed by atoms with van der Waals surface area (Å²) in [5.74, 6) is 0.788. The van der Waals surface area contributed by atoms with Gasteiger partial charge in [0.15, 0.2) is 0 Å². The fraction of sp³-hybridized carbons (Fsp3) is 0.368. The standard InChI is InChI=1S/C19H21N5O2/c1-22-11-13(20-10-17(22)25)12-24-9-5-8-16(24)18-21-15-7-4-3-6-14(15)19(26)23(18)2/h3-4,6-7,10-11,16H,5,8-9,12H2,1-2H3. The van der Waals surface area contributed by atoms with Crippen LogP contribution in [0.25, 0.3) is 10.9 Å². The number of hydrogen-bond acceptors (Lipinski definition) is 5. The predicted molar refractivity (Wildman–Crippen MR) is 98.8 cm³/mol. The highest BCUT2D eigenvalue weighted by molar-refractivity contribution is 5.77. The molecule has 0 amide bonds. The first-order valence-corrected chi connectivity index (χ1v) is 8.76. The summed E-state index contributed by atoms with van der Waals surface area (Å²) < 4.78 is 3.21. The van der Waals surface area contributed by atoms with Crippen molar-refractivity contribution in [1.82, 2.24) is 24.0 Å². The molecule has 1 fully saturated rings. The minimum Gasteiger partial charge on any atom is -0.315 e. The SMILES string of the molecule is Cn1cc(CN2CCCC2c2nc3ccccc3c(=O)n2C)ncc1=O. The van der Waals surface area contributed by atoms with Gasteiger partial charge in [-0.15, -0.1) is 0 Å². The second-order valence-corrected chi connectivity index (χ2v) is 6.81. The number of para-hydroxylation sites is 1. The van der Waals surface area contributed by atoms with Crippen LogP contribution < -0.4 is 11.1 Å². The molecule has 7 nitrogen and oxygen atoms in total. The van der Waals surface area contributed by atoms with E-state index in [0.717, 1.165) is 36.4 Å². The van der Waals surface area contributed by atoms with Crippen molar-refractivity contribution < 1.29 is 0 Å². The van der Waals surface area contributed by atoms with Crippen LogP contribution in [-0.2, 0) is 20.6 Å². The van der Waals surface area contributed by atoms with Crippen molar-refractivity contribution in [1.29, 1.82) is 0 Å². The highest BCUT2D eigenvalue weighted by Gasteiger charge is 2.30. The summed E-state index contributed by atoms with van der Waals surface area (Å²) in [6.45, 7) is 1.54. The summed E-state index contributed by atoms with van der Waals surface area (Å²) in [7, 11) is 3.52. The van der Waals surface area contributed by atoms with E-state index in [0.29, 0.717) is 11.9 Å². The molecule has 4 rings (SSSR count). The number of likely N-dealkylation sites (tertiary alicyclic amines) is 1. The van der Waals surface area contributed by atoms with E-state index in [2.05, 4.69) is 9.88 Å². The minimum atomic E-state index is -0.120. The Morgan fingerprint density at radius 3 is 2.81 bits per heavy atom. The summed E-state index contributed by atoms with van der Waals surface area (Å²) in [6.07, 6.45) is 5.11. The van der Waals surface area contributed by atoms with Crippen LogP contribution in [0, 0.1) is 0 Å². The highest BCUT2D eigenvalue weighted by Crippen LogP contribution is 2.31. The lowest BCUT2D eigenvalue weighted by Crippen LogP contribution is -2.31. The van der Waals surface area contributed by atoms with E-state index in [1.54, 1.807) is 24.9 Å². The Hall–Kier alpha value is -2.80. The van der Waals surface area contributed by atoms with E-state index < -0.39 is 0 Å². The Labute approximate surface area is 150 Å². The van der Waals surface area contributed by atoms with E-state index in [-0.39, 0.29) is 17.2 Å². The van der Waals surface area contributed by atoms with Gasteiger partial charge in [-0.2, -0.15) is 0 Å². The lowest BCUT2D eigenvalue weighted by Gasteiger charge is -2.25. The fourth-order valence-electron chi connectivity index (χ4n) is 3.68. The maximum absolute atomic E-state index is 12.7. The summed E-state index contributed by atoms with van der Waals surface area (Å²) in [5, 5.41) is 0.642. The van der Waals surface area contributed by atoms with Crippen LogP contribution in [0.1, 0.15) is 30.4 Å². The first kappa shape index (κ1) is 16.7. The number of aryl methyl sites for hydroxylation is 1. The van der Waals surface area contributed by atoms with Gasteiger partial charge in [0, 0.05) is 26.8 Å². The Kier molecular flexibility index (Phi) is 4.16. The largest absolute Gasteiger partial charge is 0.315 e. The van der Waals surface area contributed by atoms with Crippen LogP contribution in [-0.4, -0.2) is 30.5 Å². The van der Waals surface area contributed by atoms with Crippen LogP contribution in [0.4, 0.5) is 0 Å². The number of benzene rings is 1. The number of rotatable bonds is 3. The molecule has 0 spiro atoms. The Balaban J connectivity index is 1.71. The molecule has 1 saturated heterocycles. The first-order valence-electron chi connectivity index (χ1n) is 8.76. The molecule has 1 atom stereocenters. The van der Waals surface area contributed by atoms with Gasteiger partial charge in [0.05, 0.1) is 28.8 Å². The smallest absolute Gasteiger partial charge is 0.268 e. The maximum Gasteiger partial charge on any atom is 0.268 e. The van der Waals surface area contributed by atoms with Crippen molar-refractivity contribution in [2.75, 3.05) is 6.54 Å². The predicted octanol–water partition coefficient (Wildman–Crippen LogP) is 1.36. The molecule has 1 unspecified atom stereocenters. The molecule has 3 aromatic rings. The molecule has 134 valence electrons. The van der Waals surface area contributed by atoms with Gasteiger partial charge in [-0.3, -0.25) is 24.0 Å². The van der Waals surface area contributed by atoms with E-state index in [9.17, 15) is 9.59 Å². The van der Waals surface area contributed by atoms with Crippen molar-refractivity contribution in [3.8, 4) is 0 Å². The fourth-order valence-corrected chi connectivity index (χ4v) is 3.68. The van der Waals surface area contributed by atoms with Gasteiger partial charge in [0.2, 0.25) is 0 Å². The van der Waals surface area contributed by atoms with Gasteiger partial charge < -0.3 is 4.57 Å². The topological polar surface area (TPSA) is 73.0 Å². The third-order valence-electron chi connectivity index (χ3n) is 5.08. The first-order chi connectivity index (χ1) is 12.5. The zero-order valence-corrected chi connectivity index (χ0v) is 14.9. The van der Waals surface area contributed by atoms with Gasteiger partial charge >= 0.3 is 0 Å². The van der Waals surface area contributed by atoms with Gasteiger partial charge in [0.25, 0.3) is 11.1 Å². The molecule has 26 heavy (non-hydrogen) atoms. The van der Waals surface area contributed by atoms with Gasteiger partial charge in [-0.1, -0.05) is 12.1 Å². The zero-order valence-electron chi connectivity index (χ0n) is 14.9. The highest BCUT2D eigenvalue weighted by atomic mass is 16.1. The van der Waals surface area contributed by atoms with Crippen LogP contribution in [0.15, 0.2) is 46.2 Å². The van der Waals surface area contributed by atoms with E-state index in [1.807, 2.05) is 24.3 Å². The van der Waals surface area contributed by atoms with Crippen molar-refractivity contribution in [2.24, 2.45) is 14.1 Å². The molecule has 0 bridgehead atoms. The van der Waals surface area contributed by atoms with Gasteiger partial charge in [-0.25, -0.2) is 4.98 Å². The quantitative estimate of drug-likeness (QED) is 0.712. The molecule has 0 aliphatic carbocycles. The van der Waals surface area contributed by atoms with Crippen molar-refractivity contribution in [2.45, 2.75) is 25.4 Å². The summed E-state index contributed by atoms with van der Waals surface area (Å²) in [5.41, 5.74) is 1.44. The normalized spacial score (nSPS) is 17.8. The summed E-state index contributed by atoms with van der Waals surface area (Å²) in [6, 6.07) is 7.53. The average Bonchev–Trinajstić information content (AvgIpc) is 3.09. The molecule has 2 aromatic heterocycles. The van der Waals surface area contributed by atoms with E-state index in [4.69, 9.17) is 4.98 Å². The third-order valence-corrected chi connectivity index (χ3v) is 5.08. The Morgan fingerprint density at radius 1 is 1.19 bits per heavy atom. The summed E-state index contributed by atoms with van der Waals surface area (Å²) in [4.78, 5) is 35.6. The van der Waals surface area contributed by atoms with Crippen molar-refractivity contribution in [3.63, 3.8) is 0 Å². The molecule has 1 aliphatic heterocycles.